The second-order valence-corrected chi connectivity index (χ2v) is 6.69. The largest absolute Gasteiger partial charge is 0.396 e. The van der Waals surface area contributed by atoms with Crippen LogP contribution in [0.2, 0.25) is 5.02 Å². The first-order valence-electron chi connectivity index (χ1n) is 8.22. The molecule has 0 unspecified atom stereocenters. The lowest BCUT2D eigenvalue weighted by atomic mass is 10.0. The van der Waals surface area contributed by atoms with Gasteiger partial charge in [-0.25, -0.2) is 0 Å². The van der Waals surface area contributed by atoms with E-state index in [9.17, 15) is 4.79 Å². The number of piperidine rings is 1. The van der Waals surface area contributed by atoms with Crippen molar-refractivity contribution in [2.75, 3.05) is 33.3 Å². The number of nitrogens with zero attached hydrogens (tertiary/aromatic N) is 4. The number of hydrogen-bond acceptors (Lipinski definition) is 4. The summed E-state index contributed by atoms with van der Waals surface area (Å²) in [6.45, 7) is 6.68. The van der Waals surface area contributed by atoms with Gasteiger partial charge in [0.2, 0.25) is 5.91 Å². The third kappa shape index (κ3) is 4.46. The van der Waals surface area contributed by atoms with Crippen molar-refractivity contribution in [1.29, 1.82) is 0 Å². The van der Waals surface area contributed by atoms with Crippen molar-refractivity contribution in [3.8, 4) is 0 Å². The molecule has 23 heavy (non-hydrogen) atoms. The number of carbonyl (C=O) groups is 1. The summed E-state index contributed by atoms with van der Waals surface area (Å²) in [6, 6.07) is 0.494. The molecular formula is C16H27ClN4O2. The molecule has 1 fully saturated rings. The van der Waals surface area contributed by atoms with E-state index >= 15 is 0 Å². The van der Waals surface area contributed by atoms with Gasteiger partial charge < -0.3 is 14.9 Å². The van der Waals surface area contributed by atoms with Crippen molar-refractivity contribution in [3.63, 3.8) is 0 Å². The second kappa shape index (κ2) is 8.13. The summed E-state index contributed by atoms with van der Waals surface area (Å²) in [4.78, 5) is 16.7. The molecule has 0 atom stereocenters. The van der Waals surface area contributed by atoms with E-state index in [0.717, 1.165) is 50.3 Å². The van der Waals surface area contributed by atoms with E-state index in [-0.39, 0.29) is 19.1 Å². The van der Waals surface area contributed by atoms with Crippen LogP contribution < -0.4 is 0 Å². The lowest BCUT2D eigenvalue weighted by molar-refractivity contribution is -0.133. The molecule has 1 aromatic heterocycles. The van der Waals surface area contributed by atoms with Crippen molar-refractivity contribution < 1.29 is 9.90 Å². The van der Waals surface area contributed by atoms with Gasteiger partial charge in [-0.05, 0) is 40.2 Å². The number of carbonyl (C=O) groups excluding carboxylic acids is 1. The highest BCUT2D eigenvalue weighted by Crippen LogP contribution is 2.20. The predicted molar refractivity (Wildman–Crippen MR) is 90.6 cm³/mol. The first kappa shape index (κ1) is 18.2. The smallest absolute Gasteiger partial charge is 0.244 e. The molecule has 7 heteroatoms. The Morgan fingerprint density at radius 1 is 1.39 bits per heavy atom. The molecule has 1 amide bonds. The van der Waals surface area contributed by atoms with Crippen LogP contribution in [0.3, 0.4) is 0 Å². The monoisotopic (exact) mass is 342 g/mol. The van der Waals surface area contributed by atoms with E-state index in [1.54, 1.807) is 4.68 Å². The molecule has 1 N–H and O–H groups in total. The highest BCUT2D eigenvalue weighted by atomic mass is 35.5. The number of aryl methyl sites for hydroxylation is 1. The Bertz CT molecular complexity index is 538. The van der Waals surface area contributed by atoms with Gasteiger partial charge in [0.15, 0.2) is 0 Å². The first-order chi connectivity index (χ1) is 10.9. The van der Waals surface area contributed by atoms with Crippen molar-refractivity contribution in [3.05, 3.63) is 16.4 Å². The third-order valence-corrected chi connectivity index (χ3v) is 5.23. The molecule has 0 aromatic carbocycles. The van der Waals surface area contributed by atoms with Crippen LogP contribution in [0, 0.1) is 13.8 Å². The first-order valence-corrected chi connectivity index (χ1v) is 8.60. The van der Waals surface area contributed by atoms with Crippen LogP contribution >= 0.6 is 11.6 Å². The van der Waals surface area contributed by atoms with Crippen molar-refractivity contribution in [2.24, 2.45) is 0 Å². The number of aliphatic hydroxyl groups excluding tert-OH is 1. The summed E-state index contributed by atoms with van der Waals surface area (Å²) in [6.07, 6.45) is 2.76. The van der Waals surface area contributed by atoms with Gasteiger partial charge in [0.1, 0.15) is 6.54 Å². The Labute approximate surface area is 143 Å². The Kier molecular flexibility index (Phi) is 6.44. The topological polar surface area (TPSA) is 61.6 Å². The minimum Gasteiger partial charge on any atom is -0.396 e. The van der Waals surface area contributed by atoms with Gasteiger partial charge in [0.25, 0.3) is 0 Å². The van der Waals surface area contributed by atoms with Gasteiger partial charge in [-0.2, -0.15) is 5.10 Å². The van der Waals surface area contributed by atoms with Crippen LogP contribution in [0.15, 0.2) is 0 Å². The zero-order valence-corrected chi connectivity index (χ0v) is 15.0. The Morgan fingerprint density at radius 3 is 2.57 bits per heavy atom. The van der Waals surface area contributed by atoms with Gasteiger partial charge in [-0.3, -0.25) is 9.48 Å². The van der Waals surface area contributed by atoms with Crippen LogP contribution in [0.5, 0.6) is 0 Å². The second-order valence-electron chi connectivity index (χ2n) is 6.31. The molecule has 1 aliphatic rings. The Morgan fingerprint density at radius 2 is 2.04 bits per heavy atom. The molecule has 6 nitrogen and oxygen atoms in total. The molecule has 2 rings (SSSR count). The standard InChI is InChI=1S/C16H27ClN4O2/c1-12-16(17)13(2)21(18-12)11-15(23)20-8-5-14(6-9-20)19(3)7-4-10-22/h14,22H,4-11H2,1-3H3. The maximum atomic E-state index is 12.5. The van der Waals surface area contributed by atoms with Gasteiger partial charge in [-0.15, -0.1) is 0 Å². The molecule has 0 spiro atoms. The number of likely N-dealkylation sites (tertiary alicyclic amines) is 1. The van der Waals surface area contributed by atoms with Gasteiger partial charge in [-0.1, -0.05) is 11.6 Å². The summed E-state index contributed by atoms with van der Waals surface area (Å²) in [5.74, 6) is 0.101. The lowest BCUT2D eigenvalue weighted by Crippen LogP contribution is -2.46. The number of rotatable bonds is 6. The van der Waals surface area contributed by atoms with E-state index in [4.69, 9.17) is 16.7 Å². The zero-order chi connectivity index (χ0) is 17.0. The molecule has 0 bridgehead atoms. The lowest BCUT2D eigenvalue weighted by Gasteiger charge is -2.36. The SMILES string of the molecule is Cc1nn(CC(=O)N2CCC(N(C)CCCO)CC2)c(C)c1Cl. The zero-order valence-electron chi connectivity index (χ0n) is 14.3. The average molecular weight is 343 g/mol. The molecule has 0 saturated carbocycles. The van der Waals surface area contributed by atoms with Crippen LogP contribution in [-0.4, -0.2) is 69.9 Å². The van der Waals surface area contributed by atoms with Crippen molar-refractivity contribution >= 4 is 17.5 Å². The summed E-state index contributed by atoms with van der Waals surface area (Å²) < 4.78 is 1.69. The normalized spacial score (nSPS) is 16.3. The van der Waals surface area contributed by atoms with Gasteiger partial charge >= 0.3 is 0 Å². The maximum Gasteiger partial charge on any atom is 0.244 e. The third-order valence-electron chi connectivity index (χ3n) is 4.69. The Balaban J connectivity index is 1.85. The summed E-state index contributed by atoms with van der Waals surface area (Å²) in [5, 5.41) is 13.9. The molecular weight excluding hydrogens is 316 g/mol. The van der Waals surface area contributed by atoms with Crippen molar-refractivity contribution in [2.45, 2.75) is 45.7 Å². The van der Waals surface area contributed by atoms with Crippen LogP contribution in [0.25, 0.3) is 0 Å². The molecule has 0 radical (unpaired) electrons. The quantitative estimate of drug-likeness (QED) is 0.850. The molecule has 1 saturated heterocycles. The Hall–Kier alpha value is -1.11. The number of amides is 1. The van der Waals surface area contributed by atoms with Gasteiger partial charge in [0.05, 0.1) is 16.4 Å². The number of hydrogen-bond donors (Lipinski definition) is 1. The van der Waals surface area contributed by atoms with E-state index in [0.29, 0.717) is 11.1 Å². The summed E-state index contributed by atoms with van der Waals surface area (Å²) in [5.41, 5.74) is 1.61. The van der Waals surface area contributed by atoms with E-state index in [1.807, 2.05) is 18.7 Å². The molecule has 1 aliphatic heterocycles. The molecule has 2 heterocycles. The minimum atomic E-state index is 0.101. The van der Waals surface area contributed by atoms with Crippen LogP contribution in [-0.2, 0) is 11.3 Å². The van der Waals surface area contributed by atoms with Crippen molar-refractivity contribution in [1.82, 2.24) is 19.6 Å². The fourth-order valence-corrected chi connectivity index (χ4v) is 3.25. The molecule has 130 valence electrons. The highest BCUT2D eigenvalue weighted by molar-refractivity contribution is 6.31. The maximum absolute atomic E-state index is 12.5. The summed E-state index contributed by atoms with van der Waals surface area (Å²) in [7, 11) is 2.09. The van der Waals surface area contributed by atoms with E-state index in [1.165, 1.54) is 0 Å². The van der Waals surface area contributed by atoms with E-state index < -0.39 is 0 Å². The highest BCUT2D eigenvalue weighted by Gasteiger charge is 2.25. The number of aliphatic hydroxyl groups is 1. The average Bonchev–Trinajstić information content (AvgIpc) is 2.79. The predicted octanol–water partition coefficient (Wildman–Crippen LogP) is 1.46. The van der Waals surface area contributed by atoms with Crippen LogP contribution in [0.4, 0.5) is 0 Å². The fraction of sp³-hybridized carbons (Fsp3) is 0.750. The minimum absolute atomic E-state index is 0.101. The molecule has 1 aromatic rings. The number of aromatic nitrogens is 2. The fourth-order valence-electron chi connectivity index (χ4n) is 3.12. The van der Waals surface area contributed by atoms with Crippen LogP contribution in [0.1, 0.15) is 30.7 Å². The van der Waals surface area contributed by atoms with E-state index in [2.05, 4.69) is 17.0 Å². The summed E-state index contributed by atoms with van der Waals surface area (Å²) >= 11 is 6.13. The number of halogens is 1. The molecule has 0 aliphatic carbocycles. The van der Waals surface area contributed by atoms with Gasteiger partial charge in [0, 0.05) is 32.3 Å².